The van der Waals surface area contributed by atoms with Crippen LogP contribution in [0.25, 0.3) is 0 Å². The van der Waals surface area contributed by atoms with Crippen LogP contribution in [0.2, 0.25) is 0 Å². The summed E-state index contributed by atoms with van der Waals surface area (Å²) in [4.78, 5) is 37.5. The van der Waals surface area contributed by atoms with E-state index in [9.17, 15) is 14.4 Å². The lowest BCUT2D eigenvalue weighted by Crippen LogP contribution is -2.35. The smallest absolute Gasteiger partial charge is 0.331 e. The molecule has 4 amide bonds. The topological polar surface area (TPSA) is 83.7 Å². The summed E-state index contributed by atoms with van der Waals surface area (Å²) in [5, 5.41) is 0. The quantitative estimate of drug-likeness (QED) is 0.810. The molecule has 1 aromatic carbocycles. The molecule has 1 fully saturated rings. The van der Waals surface area contributed by atoms with Gasteiger partial charge in [0.05, 0.1) is 0 Å². The molecule has 0 bridgehead atoms. The van der Waals surface area contributed by atoms with Crippen LogP contribution in [0.3, 0.4) is 0 Å². The van der Waals surface area contributed by atoms with Gasteiger partial charge in [-0.2, -0.15) is 0 Å². The minimum Gasteiger partial charge on any atom is -0.370 e. The minimum absolute atomic E-state index is 0.0210. The van der Waals surface area contributed by atoms with Crippen molar-refractivity contribution in [2.75, 3.05) is 11.4 Å². The Balaban J connectivity index is 2.22. The third-order valence-electron chi connectivity index (χ3n) is 3.06. The Morgan fingerprint density at radius 2 is 1.89 bits per heavy atom. The van der Waals surface area contributed by atoms with Crippen molar-refractivity contribution in [1.82, 2.24) is 4.90 Å². The van der Waals surface area contributed by atoms with Gasteiger partial charge >= 0.3 is 6.03 Å². The number of nitrogens with zero attached hydrogens (tertiary/aromatic N) is 2. The van der Waals surface area contributed by atoms with Gasteiger partial charge in [-0.1, -0.05) is 18.2 Å². The number of amides is 4. The number of primary amides is 1. The number of nitrogens with two attached hydrogens (primary N) is 1. The van der Waals surface area contributed by atoms with Crippen molar-refractivity contribution in [2.24, 2.45) is 5.73 Å². The number of imide groups is 1. The van der Waals surface area contributed by atoms with Gasteiger partial charge in [0.15, 0.2) is 0 Å². The Labute approximate surface area is 110 Å². The summed E-state index contributed by atoms with van der Waals surface area (Å²) in [5.41, 5.74) is 5.70. The fraction of sp³-hybridized carbons (Fsp3) is 0.308. The molecule has 1 aliphatic heterocycles. The van der Waals surface area contributed by atoms with Crippen molar-refractivity contribution in [3.8, 4) is 0 Å². The molecule has 0 saturated carbocycles. The predicted octanol–water partition coefficient (Wildman–Crippen LogP) is 0.719. The number of anilines is 1. The Morgan fingerprint density at radius 1 is 1.26 bits per heavy atom. The number of hydrogen-bond donors (Lipinski definition) is 1. The fourth-order valence-corrected chi connectivity index (χ4v) is 2.08. The second kappa shape index (κ2) is 5.09. The van der Waals surface area contributed by atoms with Crippen molar-refractivity contribution in [2.45, 2.75) is 19.4 Å². The number of carbonyl (C=O) groups is 3. The van der Waals surface area contributed by atoms with Crippen LogP contribution in [-0.2, 0) is 9.59 Å². The van der Waals surface area contributed by atoms with E-state index in [4.69, 9.17) is 5.73 Å². The van der Waals surface area contributed by atoms with Crippen molar-refractivity contribution in [3.05, 3.63) is 30.3 Å². The van der Waals surface area contributed by atoms with Crippen LogP contribution in [-0.4, -0.2) is 35.3 Å². The maximum Gasteiger partial charge on any atom is 0.331 e. The number of rotatable bonds is 4. The molecule has 1 heterocycles. The molecule has 2 N–H and O–H groups in total. The molecule has 0 radical (unpaired) electrons. The maximum absolute atomic E-state index is 12.2. The number of benzene rings is 1. The lowest BCUT2D eigenvalue weighted by molar-refractivity contribution is -0.127. The summed E-state index contributed by atoms with van der Waals surface area (Å²) >= 11 is 0. The van der Waals surface area contributed by atoms with E-state index in [2.05, 4.69) is 0 Å². The molecule has 1 saturated heterocycles. The van der Waals surface area contributed by atoms with Gasteiger partial charge < -0.3 is 5.73 Å². The first-order valence-corrected chi connectivity index (χ1v) is 6.00. The lowest BCUT2D eigenvalue weighted by atomic mass is 10.2. The highest BCUT2D eigenvalue weighted by Crippen LogP contribution is 2.25. The van der Waals surface area contributed by atoms with E-state index in [1.807, 2.05) is 6.07 Å². The van der Waals surface area contributed by atoms with Gasteiger partial charge in [0.25, 0.3) is 5.91 Å². The van der Waals surface area contributed by atoms with Crippen molar-refractivity contribution < 1.29 is 14.4 Å². The molecular weight excluding hydrogens is 246 g/mol. The van der Waals surface area contributed by atoms with E-state index < -0.39 is 18.0 Å². The Morgan fingerprint density at radius 3 is 2.47 bits per heavy atom. The molecule has 2 rings (SSSR count). The average Bonchev–Trinajstić information content (AvgIpc) is 2.59. The monoisotopic (exact) mass is 261 g/mol. The summed E-state index contributed by atoms with van der Waals surface area (Å²) in [6, 6.07) is 7.98. The maximum atomic E-state index is 12.2. The van der Waals surface area contributed by atoms with Crippen LogP contribution in [0.15, 0.2) is 30.3 Å². The van der Waals surface area contributed by atoms with Crippen LogP contribution >= 0.6 is 0 Å². The van der Waals surface area contributed by atoms with Gasteiger partial charge in [-0.15, -0.1) is 0 Å². The van der Waals surface area contributed by atoms with E-state index in [-0.39, 0.29) is 18.9 Å². The molecule has 1 atom stereocenters. The van der Waals surface area contributed by atoms with Crippen LogP contribution in [0.1, 0.15) is 13.3 Å². The van der Waals surface area contributed by atoms with E-state index in [1.165, 1.54) is 4.90 Å². The van der Waals surface area contributed by atoms with Crippen LogP contribution in [0, 0.1) is 0 Å². The number of hydrogen-bond acceptors (Lipinski definition) is 3. The first kappa shape index (κ1) is 13.1. The summed E-state index contributed by atoms with van der Waals surface area (Å²) in [7, 11) is 0. The molecule has 0 unspecified atom stereocenters. The van der Waals surface area contributed by atoms with Gasteiger partial charge in [-0.3, -0.25) is 19.4 Å². The molecule has 1 aliphatic rings. The zero-order valence-corrected chi connectivity index (χ0v) is 10.6. The normalized spacial score (nSPS) is 19.1. The molecule has 6 nitrogen and oxygen atoms in total. The Bertz CT molecular complexity index is 515. The third-order valence-corrected chi connectivity index (χ3v) is 3.06. The number of carbonyl (C=O) groups excluding carboxylic acids is 3. The summed E-state index contributed by atoms with van der Waals surface area (Å²) in [6.07, 6.45) is -0.0210. The summed E-state index contributed by atoms with van der Waals surface area (Å²) in [6.45, 7) is 1.69. The fourth-order valence-electron chi connectivity index (χ4n) is 2.08. The van der Waals surface area contributed by atoms with Gasteiger partial charge in [0.2, 0.25) is 5.91 Å². The van der Waals surface area contributed by atoms with Gasteiger partial charge in [-0.05, 0) is 19.1 Å². The molecule has 0 aliphatic carbocycles. The predicted molar refractivity (Wildman–Crippen MR) is 69.3 cm³/mol. The lowest BCUT2D eigenvalue weighted by Gasteiger charge is -2.19. The van der Waals surface area contributed by atoms with Crippen molar-refractivity contribution >= 4 is 23.5 Å². The zero-order chi connectivity index (χ0) is 14.0. The summed E-state index contributed by atoms with van der Waals surface area (Å²) in [5.74, 6) is -0.846. The molecule has 100 valence electrons. The highest BCUT2D eigenvalue weighted by Gasteiger charge is 2.42. The molecular formula is C13H15N3O3. The Hall–Kier alpha value is -2.37. The highest BCUT2D eigenvalue weighted by atomic mass is 16.2. The third kappa shape index (κ3) is 2.42. The highest BCUT2D eigenvalue weighted by molar-refractivity contribution is 6.14. The molecule has 0 spiro atoms. The zero-order valence-electron chi connectivity index (χ0n) is 10.6. The molecule has 0 aromatic heterocycles. The largest absolute Gasteiger partial charge is 0.370 e. The second-order valence-electron chi connectivity index (χ2n) is 4.37. The van der Waals surface area contributed by atoms with Gasteiger partial charge in [0, 0.05) is 18.7 Å². The van der Waals surface area contributed by atoms with E-state index in [1.54, 1.807) is 31.2 Å². The average molecular weight is 261 g/mol. The second-order valence-corrected chi connectivity index (χ2v) is 4.37. The van der Waals surface area contributed by atoms with E-state index in [0.29, 0.717) is 5.69 Å². The molecule has 1 aromatic rings. The molecule has 19 heavy (non-hydrogen) atoms. The Kier molecular flexibility index (Phi) is 3.50. The number of para-hydroxylation sites is 1. The van der Waals surface area contributed by atoms with Gasteiger partial charge in [-0.25, -0.2) is 4.79 Å². The van der Waals surface area contributed by atoms with E-state index in [0.717, 1.165) is 4.90 Å². The first-order valence-electron chi connectivity index (χ1n) is 6.00. The molecule has 6 heteroatoms. The van der Waals surface area contributed by atoms with Gasteiger partial charge in [0.1, 0.15) is 6.04 Å². The number of urea groups is 1. The van der Waals surface area contributed by atoms with E-state index >= 15 is 0 Å². The van der Waals surface area contributed by atoms with Crippen LogP contribution < -0.4 is 10.6 Å². The SMILES string of the molecule is C[C@@H]1C(=O)N(CCC(N)=O)C(=O)N1c1ccccc1. The standard InChI is InChI=1S/C13H15N3O3/c1-9-12(18)15(8-7-11(14)17)13(19)16(9)10-5-3-2-4-6-10/h2-6,9H,7-8H2,1H3,(H2,14,17)/t9-/m1/s1. The van der Waals surface area contributed by atoms with Crippen molar-refractivity contribution in [3.63, 3.8) is 0 Å². The van der Waals surface area contributed by atoms with Crippen LogP contribution in [0.4, 0.5) is 10.5 Å². The van der Waals surface area contributed by atoms with Crippen molar-refractivity contribution in [1.29, 1.82) is 0 Å². The first-order chi connectivity index (χ1) is 9.02. The van der Waals surface area contributed by atoms with Crippen LogP contribution in [0.5, 0.6) is 0 Å². The minimum atomic E-state index is -0.567. The summed E-state index contributed by atoms with van der Waals surface area (Å²) < 4.78 is 0.